The average molecular weight is 374 g/mol. The van der Waals surface area contributed by atoms with Gasteiger partial charge in [0, 0.05) is 18.5 Å². The number of carbonyl (C=O) groups excluding carboxylic acids is 2. The predicted octanol–water partition coefficient (Wildman–Crippen LogP) is 2.74. The van der Waals surface area contributed by atoms with Gasteiger partial charge in [-0.05, 0) is 50.9 Å². The molecule has 7 heteroatoms. The molecule has 0 radical (unpaired) electrons. The summed E-state index contributed by atoms with van der Waals surface area (Å²) in [6.45, 7) is 0. The Morgan fingerprint density at radius 2 is 1.63 bits per heavy atom. The first-order valence-electron chi connectivity index (χ1n) is 10.7. The molecule has 0 aromatic carbocycles. The van der Waals surface area contributed by atoms with Crippen LogP contribution in [0.2, 0.25) is 0 Å². The van der Waals surface area contributed by atoms with Crippen LogP contribution in [-0.2, 0) is 4.79 Å². The van der Waals surface area contributed by atoms with Crippen LogP contribution in [0, 0.1) is 5.92 Å². The highest BCUT2D eigenvalue weighted by molar-refractivity contribution is 5.92. The SMILES string of the molecule is O=C(CCC1CCCC1)NC1CCC(n2cc(C(=O)NC3CC3)nn2)CC1. The van der Waals surface area contributed by atoms with Crippen LogP contribution in [0.5, 0.6) is 0 Å². The summed E-state index contributed by atoms with van der Waals surface area (Å²) in [4.78, 5) is 24.3. The van der Waals surface area contributed by atoms with Crippen molar-refractivity contribution in [1.29, 1.82) is 0 Å². The molecule has 2 N–H and O–H groups in total. The summed E-state index contributed by atoms with van der Waals surface area (Å²) in [6.07, 6.45) is 14.7. The van der Waals surface area contributed by atoms with E-state index in [9.17, 15) is 9.59 Å². The number of hydrogen-bond acceptors (Lipinski definition) is 4. The molecule has 1 heterocycles. The maximum absolute atomic E-state index is 12.2. The molecule has 3 fully saturated rings. The van der Waals surface area contributed by atoms with Gasteiger partial charge in [0.05, 0.1) is 12.2 Å². The lowest BCUT2D eigenvalue weighted by Crippen LogP contribution is -2.38. The second-order valence-electron chi connectivity index (χ2n) is 8.59. The average Bonchev–Trinajstić information content (AvgIpc) is 3.15. The third-order valence-electron chi connectivity index (χ3n) is 6.35. The van der Waals surface area contributed by atoms with Crippen molar-refractivity contribution in [1.82, 2.24) is 25.6 Å². The zero-order chi connectivity index (χ0) is 18.6. The predicted molar refractivity (Wildman–Crippen MR) is 101 cm³/mol. The third-order valence-corrected chi connectivity index (χ3v) is 6.35. The lowest BCUT2D eigenvalue weighted by molar-refractivity contribution is -0.122. The van der Waals surface area contributed by atoms with Crippen molar-refractivity contribution in [2.24, 2.45) is 5.92 Å². The van der Waals surface area contributed by atoms with E-state index in [0.717, 1.165) is 50.9 Å². The van der Waals surface area contributed by atoms with Crippen LogP contribution >= 0.6 is 0 Å². The lowest BCUT2D eigenvalue weighted by atomic mass is 9.91. The molecule has 2 amide bonds. The molecular formula is C20H31N5O2. The van der Waals surface area contributed by atoms with Crippen molar-refractivity contribution in [2.45, 2.75) is 95.2 Å². The van der Waals surface area contributed by atoms with E-state index in [1.54, 1.807) is 6.20 Å². The zero-order valence-electron chi connectivity index (χ0n) is 16.0. The van der Waals surface area contributed by atoms with Crippen LogP contribution in [0.4, 0.5) is 0 Å². The van der Waals surface area contributed by atoms with Crippen LogP contribution in [0.3, 0.4) is 0 Å². The number of hydrogen-bond donors (Lipinski definition) is 2. The fourth-order valence-electron chi connectivity index (χ4n) is 4.47. The van der Waals surface area contributed by atoms with Crippen molar-refractivity contribution in [2.75, 3.05) is 0 Å². The summed E-state index contributed by atoms with van der Waals surface area (Å²) in [5, 5.41) is 14.4. The molecule has 4 rings (SSSR count). The van der Waals surface area contributed by atoms with Gasteiger partial charge in [0.2, 0.25) is 5.91 Å². The molecule has 3 aliphatic carbocycles. The normalized spacial score (nSPS) is 26.1. The van der Waals surface area contributed by atoms with Gasteiger partial charge in [-0.25, -0.2) is 4.68 Å². The first-order valence-corrected chi connectivity index (χ1v) is 10.7. The number of nitrogens with one attached hydrogen (secondary N) is 2. The van der Waals surface area contributed by atoms with Gasteiger partial charge in [-0.15, -0.1) is 5.10 Å². The molecule has 0 saturated heterocycles. The Bertz CT molecular complexity index is 655. The number of nitrogens with zero attached hydrogens (tertiary/aromatic N) is 3. The van der Waals surface area contributed by atoms with Crippen molar-refractivity contribution in [3.8, 4) is 0 Å². The summed E-state index contributed by atoms with van der Waals surface area (Å²) in [5.74, 6) is 0.863. The second-order valence-corrected chi connectivity index (χ2v) is 8.59. The van der Waals surface area contributed by atoms with Crippen LogP contribution in [0.15, 0.2) is 6.20 Å². The highest BCUT2D eigenvalue weighted by Crippen LogP contribution is 2.30. The van der Waals surface area contributed by atoms with E-state index in [0.29, 0.717) is 18.2 Å². The van der Waals surface area contributed by atoms with Crippen molar-refractivity contribution >= 4 is 11.8 Å². The number of aromatic nitrogens is 3. The fourth-order valence-corrected chi connectivity index (χ4v) is 4.47. The number of rotatable bonds is 7. The van der Waals surface area contributed by atoms with E-state index in [4.69, 9.17) is 0 Å². The van der Waals surface area contributed by atoms with Gasteiger partial charge in [0.1, 0.15) is 0 Å². The Morgan fingerprint density at radius 3 is 2.33 bits per heavy atom. The smallest absolute Gasteiger partial charge is 0.273 e. The molecular weight excluding hydrogens is 342 g/mol. The zero-order valence-corrected chi connectivity index (χ0v) is 16.0. The molecule has 0 bridgehead atoms. The van der Waals surface area contributed by atoms with E-state index in [-0.39, 0.29) is 23.9 Å². The van der Waals surface area contributed by atoms with Gasteiger partial charge in [-0.3, -0.25) is 9.59 Å². The largest absolute Gasteiger partial charge is 0.353 e. The summed E-state index contributed by atoms with van der Waals surface area (Å²) in [7, 11) is 0. The summed E-state index contributed by atoms with van der Waals surface area (Å²) < 4.78 is 1.83. The Morgan fingerprint density at radius 1 is 0.963 bits per heavy atom. The Hall–Kier alpha value is -1.92. The lowest BCUT2D eigenvalue weighted by Gasteiger charge is -2.29. The molecule has 1 aromatic rings. The van der Waals surface area contributed by atoms with E-state index in [2.05, 4.69) is 20.9 Å². The third kappa shape index (κ3) is 5.08. The van der Waals surface area contributed by atoms with Crippen molar-refractivity contribution in [3.63, 3.8) is 0 Å². The van der Waals surface area contributed by atoms with Crippen molar-refractivity contribution in [3.05, 3.63) is 11.9 Å². The van der Waals surface area contributed by atoms with Gasteiger partial charge >= 0.3 is 0 Å². The van der Waals surface area contributed by atoms with Gasteiger partial charge in [-0.2, -0.15) is 0 Å². The molecule has 0 aliphatic heterocycles. The molecule has 0 spiro atoms. The standard InChI is InChI=1S/C20H31N5O2/c26-19(12-5-14-3-1-2-4-14)21-15-8-10-17(11-9-15)25-13-18(23-24-25)20(27)22-16-6-7-16/h13-17H,1-12H2,(H,21,26)(H,22,27). The minimum atomic E-state index is -0.119. The minimum absolute atomic E-state index is 0.119. The Labute approximate surface area is 160 Å². The van der Waals surface area contributed by atoms with E-state index in [1.807, 2.05) is 4.68 Å². The number of carbonyl (C=O) groups is 2. The maximum atomic E-state index is 12.2. The van der Waals surface area contributed by atoms with Crippen molar-refractivity contribution < 1.29 is 9.59 Å². The molecule has 0 unspecified atom stereocenters. The Balaban J connectivity index is 1.19. The second kappa shape index (κ2) is 8.40. The quantitative estimate of drug-likeness (QED) is 0.769. The molecule has 148 valence electrons. The van der Waals surface area contributed by atoms with Crippen LogP contribution < -0.4 is 10.6 Å². The number of amides is 2. The molecule has 7 nitrogen and oxygen atoms in total. The van der Waals surface area contributed by atoms with E-state index < -0.39 is 0 Å². The molecule has 0 atom stereocenters. The minimum Gasteiger partial charge on any atom is -0.353 e. The fraction of sp³-hybridized carbons (Fsp3) is 0.800. The van der Waals surface area contributed by atoms with Crippen LogP contribution in [-0.4, -0.2) is 38.9 Å². The van der Waals surface area contributed by atoms with E-state index in [1.165, 1.54) is 25.7 Å². The first-order chi connectivity index (χ1) is 13.2. The van der Waals surface area contributed by atoms with Crippen LogP contribution in [0.1, 0.15) is 93.6 Å². The highest BCUT2D eigenvalue weighted by atomic mass is 16.2. The first kappa shape index (κ1) is 18.4. The summed E-state index contributed by atoms with van der Waals surface area (Å²) in [5.41, 5.74) is 0.407. The molecule has 1 aromatic heterocycles. The Kier molecular flexibility index (Phi) is 5.74. The monoisotopic (exact) mass is 373 g/mol. The maximum Gasteiger partial charge on any atom is 0.273 e. The summed E-state index contributed by atoms with van der Waals surface area (Å²) in [6, 6.07) is 0.875. The van der Waals surface area contributed by atoms with Gasteiger partial charge < -0.3 is 10.6 Å². The molecule has 27 heavy (non-hydrogen) atoms. The van der Waals surface area contributed by atoms with Crippen LogP contribution in [0.25, 0.3) is 0 Å². The molecule has 3 aliphatic rings. The topological polar surface area (TPSA) is 88.9 Å². The molecule has 3 saturated carbocycles. The van der Waals surface area contributed by atoms with Gasteiger partial charge in [0.15, 0.2) is 5.69 Å². The highest BCUT2D eigenvalue weighted by Gasteiger charge is 2.27. The van der Waals surface area contributed by atoms with E-state index >= 15 is 0 Å². The van der Waals surface area contributed by atoms with Gasteiger partial charge in [0.25, 0.3) is 5.91 Å². The summed E-state index contributed by atoms with van der Waals surface area (Å²) >= 11 is 0. The van der Waals surface area contributed by atoms with Gasteiger partial charge in [-0.1, -0.05) is 30.9 Å².